The van der Waals surface area contributed by atoms with Crippen LogP contribution in [0.5, 0.6) is 5.75 Å². The second kappa shape index (κ2) is 6.92. The SMILES string of the molecule is Cc1cccc(CC(c2ccncc2)c2ccc3cccnc3c2O)n1. The van der Waals surface area contributed by atoms with Gasteiger partial charge in [0.05, 0.1) is 0 Å². The molecule has 1 aromatic carbocycles. The predicted molar refractivity (Wildman–Crippen MR) is 102 cm³/mol. The molecular weight excluding hydrogens is 322 g/mol. The van der Waals surface area contributed by atoms with E-state index < -0.39 is 0 Å². The number of aryl methyl sites for hydroxylation is 1. The lowest BCUT2D eigenvalue weighted by atomic mass is 9.86. The maximum atomic E-state index is 10.9. The summed E-state index contributed by atoms with van der Waals surface area (Å²) in [6.07, 6.45) is 5.96. The van der Waals surface area contributed by atoms with E-state index in [-0.39, 0.29) is 11.7 Å². The van der Waals surface area contributed by atoms with Crippen molar-refractivity contribution in [2.45, 2.75) is 19.3 Å². The summed E-state index contributed by atoms with van der Waals surface area (Å²) in [4.78, 5) is 13.1. The molecule has 3 aromatic heterocycles. The van der Waals surface area contributed by atoms with Crippen molar-refractivity contribution < 1.29 is 5.11 Å². The van der Waals surface area contributed by atoms with Crippen molar-refractivity contribution >= 4 is 10.9 Å². The molecule has 4 nitrogen and oxygen atoms in total. The number of phenols is 1. The first-order valence-corrected chi connectivity index (χ1v) is 8.61. The molecule has 3 heterocycles. The van der Waals surface area contributed by atoms with Crippen LogP contribution < -0.4 is 0 Å². The van der Waals surface area contributed by atoms with Crippen molar-refractivity contribution in [3.63, 3.8) is 0 Å². The number of rotatable bonds is 4. The fraction of sp³-hybridized carbons (Fsp3) is 0.136. The van der Waals surface area contributed by atoms with E-state index in [2.05, 4.69) is 15.0 Å². The lowest BCUT2D eigenvalue weighted by Crippen LogP contribution is -2.07. The summed E-state index contributed by atoms with van der Waals surface area (Å²) in [7, 11) is 0. The lowest BCUT2D eigenvalue weighted by Gasteiger charge is -2.20. The number of hydrogen-bond donors (Lipinski definition) is 1. The van der Waals surface area contributed by atoms with E-state index in [0.717, 1.165) is 27.9 Å². The maximum Gasteiger partial charge on any atom is 0.145 e. The number of aromatic nitrogens is 3. The number of benzene rings is 1. The van der Waals surface area contributed by atoms with Crippen LogP contribution in [0.2, 0.25) is 0 Å². The highest BCUT2D eigenvalue weighted by Crippen LogP contribution is 2.37. The zero-order valence-corrected chi connectivity index (χ0v) is 14.5. The number of hydrogen-bond acceptors (Lipinski definition) is 4. The van der Waals surface area contributed by atoms with Crippen molar-refractivity contribution in [2.24, 2.45) is 0 Å². The fourth-order valence-corrected chi connectivity index (χ4v) is 3.35. The van der Waals surface area contributed by atoms with Crippen LogP contribution in [-0.4, -0.2) is 20.1 Å². The summed E-state index contributed by atoms with van der Waals surface area (Å²) < 4.78 is 0. The topological polar surface area (TPSA) is 58.9 Å². The molecule has 1 N–H and O–H groups in total. The highest BCUT2D eigenvalue weighted by atomic mass is 16.3. The summed E-state index contributed by atoms with van der Waals surface area (Å²) in [5.74, 6) is 0.205. The lowest BCUT2D eigenvalue weighted by molar-refractivity contribution is 0.469. The Bertz CT molecular complexity index is 1050. The summed E-state index contributed by atoms with van der Waals surface area (Å²) in [5.41, 5.74) is 4.55. The van der Waals surface area contributed by atoms with Gasteiger partial charge in [-0.1, -0.05) is 24.3 Å². The van der Waals surface area contributed by atoms with Crippen molar-refractivity contribution in [2.75, 3.05) is 0 Å². The Morgan fingerprint density at radius 2 is 1.77 bits per heavy atom. The van der Waals surface area contributed by atoms with Gasteiger partial charge in [0.15, 0.2) is 0 Å². The van der Waals surface area contributed by atoms with Gasteiger partial charge < -0.3 is 5.11 Å². The Morgan fingerprint density at radius 3 is 2.58 bits per heavy atom. The van der Waals surface area contributed by atoms with E-state index >= 15 is 0 Å². The van der Waals surface area contributed by atoms with E-state index in [1.807, 2.05) is 61.5 Å². The molecule has 4 rings (SSSR count). The van der Waals surface area contributed by atoms with Crippen LogP contribution in [0, 0.1) is 6.92 Å². The number of phenolic OH excluding ortho intramolecular Hbond substituents is 1. The molecule has 0 amide bonds. The molecule has 0 saturated carbocycles. The molecule has 0 bridgehead atoms. The quantitative estimate of drug-likeness (QED) is 0.597. The van der Waals surface area contributed by atoms with Gasteiger partial charge in [-0.15, -0.1) is 0 Å². The molecule has 0 saturated heterocycles. The average Bonchev–Trinajstić information content (AvgIpc) is 2.68. The highest BCUT2D eigenvalue weighted by Gasteiger charge is 2.21. The van der Waals surface area contributed by atoms with Gasteiger partial charge >= 0.3 is 0 Å². The van der Waals surface area contributed by atoms with E-state index in [9.17, 15) is 5.11 Å². The third kappa shape index (κ3) is 3.14. The minimum atomic E-state index is -0.0290. The first kappa shape index (κ1) is 16.2. The van der Waals surface area contributed by atoms with Gasteiger partial charge in [0.25, 0.3) is 0 Å². The minimum absolute atomic E-state index is 0.0290. The smallest absolute Gasteiger partial charge is 0.145 e. The summed E-state index contributed by atoms with van der Waals surface area (Å²) in [6.45, 7) is 1.99. The summed E-state index contributed by atoms with van der Waals surface area (Å²) >= 11 is 0. The summed E-state index contributed by atoms with van der Waals surface area (Å²) in [5, 5.41) is 11.8. The van der Waals surface area contributed by atoms with Gasteiger partial charge in [-0.25, -0.2) is 0 Å². The molecule has 0 radical (unpaired) electrons. The van der Waals surface area contributed by atoms with Crippen LogP contribution in [0.25, 0.3) is 10.9 Å². The number of pyridine rings is 3. The molecule has 0 aliphatic carbocycles. The van der Waals surface area contributed by atoms with Crippen LogP contribution in [0.15, 0.2) is 73.2 Å². The van der Waals surface area contributed by atoms with Gasteiger partial charge in [0.2, 0.25) is 0 Å². The van der Waals surface area contributed by atoms with Crippen molar-refractivity contribution in [3.05, 3.63) is 95.7 Å². The Morgan fingerprint density at radius 1 is 0.923 bits per heavy atom. The fourth-order valence-electron chi connectivity index (χ4n) is 3.35. The summed E-state index contributed by atoms with van der Waals surface area (Å²) in [6, 6.07) is 17.8. The third-order valence-corrected chi connectivity index (χ3v) is 4.62. The molecular formula is C22H19N3O. The molecule has 1 unspecified atom stereocenters. The highest BCUT2D eigenvalue weighted by molar-refractivity contribution is 5.85. The molecule has 0 aliphatic rings. The van der Waals surface area contributed by atoms with Gasteiger partial charge in [-0.05, 0) is 42.8 Å². The van der Waals surface area contributed by atoms with Crippen molar-refractivity contribution in [1.29, 1.82) is 0 Å². The molecule has 1 atom stereocenters. The van der Waals surface area contributed by atoms with Crippen LogP contribution in [0.3, 0.4) is 0 Å². The normalized spacial score (nSPS) is 12.2. The van der Waals surface area contributed by atoms with E-state index in [4.69, 9.17) is 0 Å². The maximum absolute atomic E-state index is 10.9. The molecule has 0 spiro atoms. The Hall–Kier alpha value is -3.27. The van der Waals surface area contributed by atoms with Crippen molar-refractivity contribution in [1.82, 2.24) is 15.0 Å². The minimum Gasteiger partial charge on any atom is -0.505 e. The number of fused-ring (bicyclic) bond motifs is 1. The Kier molecular flexibility index (Phi) is 4.32. The second-order valence-corrected chi connectivity index (χ2v) is 6.39. The molecule has 26 heavy (non-hydrogen) atoms. The van der Waals surface area contributed by atoms with Crippen LogP contribution in [0.1, 0.15) is 28.4 Å². The van der Waals surface area contributed by atoms with Crippen LogP contribution >= 0.6 is 0 Å². The Labute approximate surface area is 152 Å². The molecule has 128 valence electrons. The van der Waals surface area contributed by atoms with Crippen LogP contribution in [-0.2, 0) is 6.42 Å². The average molecular weight is 341 g/mol. The van der Waals surface area contributed by atoms with Gasteiger partial charge in [0.1, 0.15) is 11.3 Å². The molecule has 0 aliphatic heterocycles. The first-order valence-electron chi connectivity index (χ1n) is 8.61. The predicted octanol–water partition coefficient (Wildman–Crippen LogP) is 4.41. The largest absolute Gasteiger partial charge is 0.505 e. The first-order chi connectivity index (χ1) is 12.7. The Balaban J connectivity index is 1.84. The monoisotopic (exact) mass is 341 g/mol. The molecule has 0 fully saturated rings. The zero-order chi connectivity index (χ0) is 17.9. The van der Waals surface area contributed by atoms with E-state index in [1.54, 1.807) is 18.6 Å². The second-order valence-electron chi connectivity index (χ2n) is 6.39. The van der Waals surface area contributed by atoms with Crippen molar-refractivity contribution in [3.8, 4) is 5.75 Å². The molecule has 4 heteroatoms. The van der Waals surface area contributed by atoms with Gasteiger partial charge in [-0.3, -0.25) is 15.0 Å². The standard InChI is InChI=1S/C22H19N3O/c1-15-4-2-6-18(25-15)14-20(16-9-12-23-13-10-16)19-8-7-17-5-3-11-24-21(17)22(19)26/h2-13,20,26H,14H2,1H3. The van der Waals surface area contributed by atoms with E-state index in [1.165, 1.54) is 0 Å². The third-order valence-electron chi connectivity index (χ3n) is 4.62. The zero-order valence-electron chi connectivity index (χ0n) is 14.5. The van der Waals surface area contributed by atoms with E-state index in [0.29, 0.717) is 11.9 Å². The number of aromatic hydroxyl groups is 1. The van der Waals surface area contributed by atoms with Crippen LogP contribution in [0.4, 0.5) is 0 Å². The number of nitrogens with zero attached hydrogens (tertiary/aromatic N) is 3. The van der Waals surface area contributed by atoms with Gasteiger partial charge in [0, 0.05) is 53.3 Å². The van der Waals surface area contributed by atoms with Gasteiger partial charge in [-0.2, -0.15) is 0 Å². The molecule has 4 aromatic rings.